The highest BCUT2D eigenvalue weighted by Crippen LogP contribution is 2.38. The van der Waals surface area contributed by atoms with Crippen molar-refractivity contribution in [2.24, 2.45) is 5.92 Å². The molecule has 0 amide bonds. The Balaban J connectivity index is 0. The van der Waals surface area contributed by atoms with Gasteiger partial charge in [-0.3, -0.25) is 15.3 Å². The Bertz CT molecular complexity index is 648. The zero-order chi connectivity index (χ0) is 26.9. The number of unbranched alkanes of at least 4 members (excludes halogenated alkanes) is 2. The van der Waals surface area contributed by atoms with Crippen LogP contribution in [0, 0.1) is 5.92 Å². The predicted octanol–water partition coefficient (Wildman–Crippen LogP) is 8.58. The largest absolute Gasteiger partial charge is 0.502 e. The summed E-state index contributed by atoms with van der Waals surface area (Å²) in [6.45, 7) is 16.1. The van der Waals surface area contributed by atoms with Gasteiger partial charge in [-0.05, 0) is 74.5 Å². The Hall–Kier alpha value is -2.11. The molecule has 0 saturated heterocycles. The molecule has 2 N–H and O–H groups in total. The highest BCUT2D eigenvalue weighted by molar-refractivity contribution is 5.37. The minimum atomic E-state index is 0.489. The van der Waals surface area contributed by atoms with E-state index in [2.05, 4.69) is 49.9 Å². The summed E-state index contributed by atoms with van der Waals surface area (Å²) in [5, 5.41) is 12.0. The van der Waals surface area contributed by atoms with Gasteiger partial charge in [-0.1, -0.05) is 76.8 Å². The molecular weight excluding hydrogens is 440 g/mol. The van der Waals surface area contributed by atoms with Crippen LogP contribution in [-0.2, 0) is 27.1 Å². The first kappa shape index (κ1) is 35.1. The van der Waals surface area contributed by atoms with E-state index in [1.165, 1.54) is 74.5 Å². The van der Waals surface area contributed by atoms with Crippen molar-refractivity contribution in [3.8, 4) is 0 Å². The number of hydrogen-bond donors (Lipinski definition) is 2. The van der Waals surface area contributed by atoms with Gasteiger partial charge >= 0.3 is 0 Å². The number of rotatable bonds is 12. The summed E-state index contributed by atoms with van der Waals surface area (Å²) in [6.07, 6.45) is 16.0. The van der Waals surface area contributed by atoms with Crippen molar-refractivity contribution in [1.29, 1.82) is 0 Å². The maximum absolute atomic E-state index is 10.4. The lowest BCUT2D eigenvalue weighted by Gasteiger charge is -2.29. The standard InChI is InChI=1S/C23H36O2.C4H8O.C3H6.H2O2/c1-3-5-6-8-19-9-11-22(12-10-19)23-16-20(7-4-2)15-21(17-23)13-14-25-18-24;1-4(2)5-3;1-3-2;1-2/h15-19,22H,3-14H2,1-2H3;1H2,2-3H3;3H,1H2,2H3;1-2H. The van der Waals surface area contributed by atoms with Crippen LogP contribution in [0.3, 0.4) is 0 Å². The molecule has 202 valence electrons. The summed E-state index contributed by atoms with van der Waals surface area (Å²) < 4.78 is 9.46. The van der Waals surface area contributed by atoms with E-state index >= 15 is 0 Å². The third-order valence-electron chi connectivity index (χ3n) is 6.07. The number of ether oxygens (including phenoxy) is 2. The monoisotopic (exact) mass is 492 g/mol. The molecule has 0 aromatic heterocycles. The van der Waals surface area contributed by atoms with E-state index in [1.807, 2.05) is 6.92 Å². The molecule has 0 spiro atoms. The van der Waals surface area contributed by atoms with Crippen LogP contribution in [0.1, 0.15) is 108 Å². The molecule has 1 aromatic rings. The van der Waals surface area contributed by atoms with E-state index < -0.39 is 0 Å². The quantitative estimate of drug-likeness (QED) is 0.0763. The second-order valence-electron chi connectivity index (χ2n) is 9.08. The van der Waals surface area contributed by atoms with Crippen LogP contribution in [0.5, 0.6) is 0 Å². The molecule has 5 nitrogen and oxygen atoms in total. The molecule has 1 aromatic carbocycles. The normalized spacial score (nSPS) is 16.1. The average molecular weight is 493 g/mol. The molecule has 5 heteroatoms. The summed E-state index contributed by atoms with van der Waals surface area (Å²) >= 11 is 0. The van der Waals surface area contributed by atoms with Crippen molar-refractivity contribution in [2.45, 2.75) is 104 Å². The Morgan fingerprint density at radius 1 is 1.03 bits per heavy atom. The van der Waals surface area contributed by atoms with Crippen LogP contribution in [0.25, 0.3) is 0 Å². The molecule has 2 rings (SSSR count). The molecule has 0 unspecified atom stereocenters. The fourth-order valence-corrected chi connectivity index (χ4v) is 4.30. The molecule has 1 fully saturated rings. The smallest absolute Gasteiger partial charge is 0.293 e. The molecule has 0 aliphatic heterocycles. The minimum Gasteiger partial charge on any atom is -0.502 e. The lowest BCUT2D eigenvalue weighted by atomic mass is 9.76. The average Bonchev–Trinajstić information content (AvgIpc) is 2.87. The van der Waals surface area contributed by atoms with Gasteiger partial charge in [-0.15, -0.1) is 6.58 Å². The first-order valence-electron chi connectivity index (χ1n) is 13.1. The van der Waals surface area contributed by atoms with E-state index in [-0.39, 0.29) is 0 Å². The molecule has 1 aliphatic carbocycles. The Labute approximate surface area is 215 Å². The highest BCUT2D eigenvalue weighted by atomic mass is 17.0. The van der Waals surface area contributed by atoms with Gasteiger partial charge in [-0.2, -0.15) is 0 Å². The van der Waals surface area contributed by atoms with E-state index in [9.17, 15) is 4.79 Å². The SMILES string of the molecule is C=C(C)OC.C=CC.CCCCCC1CCC(c2cc(CCC)cc(CCOC=O)c2)CC1.OO. The van der Waals surface area contributed by atoms with Crippen molar-refractivity contribution < 1.29 is 24.8 Å². The fourth-order valence-electron chi connectivity index (χ4n) is 4.30. The second kappa shape index (κ2) is 25.0. The van der Waals surface area contributed by atoms with Gasteiger partial charge in [0.05, 0.1) is 19.5 Å². The van der Waals surface area contributed by atoms with Crippen LogP contribution in [0.4, 0.5) is 0 Å². The number of hydrogen-bond acceptors (Lipinski definition) is 5. The van der Waals surface area contributed by atoms with Crippen molar-refractivity contribution in [2.75, 3.05) is 13.7 Å². The van der Waals surface area contributed by atoms with E-state index in [0.29, 0.717) is 13.1 Å². The van der Waals surface area contributed by atoms with Gasteiger partial charge in [0.1, 0.15) is 0 Å². The van der Waals surface area contributed by atoms with Gasteiger partial charge in [0, 0.05) is 6.42 Å². The van der Waals surface area contributed by atoms with Crippen LogP contribution in [-0.4, -0.2) is 30.7 Å². The number of carbonyl (C=O) groups excluding carboxylic acids is 1. The molecule has 0 radical (unpaired) electrons. The molecular formula is C30H52O5. The van der Waals surface area contributed by atoms with Crippen molar-refractivity contribution >= 4 is 6.47 Å². The first-order valence-corrected chi connectivity index (χ1v) is 13.1. The fraction of sp³-hybridized carbons (Fsp3) is 0.633. The van der Waals surface area contributed by atoms with E-state index in [4.69, 9.17) is 15.3 Å². The third-order valence-corrected chi connectivity index (χ3v) is 6.07. The van der Waals surface area contributed by atoms with Crippen LogP contribution < -0.4 is 0 Å². The van der Waals surface area contributed by atoms with Crippen LogP contribution in [0.2, 0.25) is 0 Å². The summed E-state index contributed by atoms with van der Waals surface area (Å²) in [4.78, 5) is 10.4. The van der Waals surface area contributed by atoms with E-state index in [0.717, 1.165) is 30.4 Å². The van der Waals surface area contributed by atoms with Crippen molar-refractivity contribution in [3.05, 3.63) is 59.9 Å². The Morgan fingerprint density at radius 3 is 2.03 bits per heavy atom. The maximum Gasteiger partial charge on any atom is 0.293 e. The van der Waals surface area contributed by atoms with Gasteiger partial charge in [0.25, 0.3) is 6.47 Å². The van der Waals surface area contributed by atoms with E-state index in [1.54, 1.807) is 20.1 Å². The Kier molecular flexibility index (Phi) is 25.0. The van der Waals surface area contributed by atoms with Crippen LogP contribution >= 0.6 is 0 Å². The third kappa shape index (κ3) is 18.8. The summed E-state index contributed by atoms with van der Waals surface area (Å²) in [7, 11) is 1.60. The molecule has 0 heterocycles. The number of benzene rings is 1. The number of aryl methyl sites for hydroxylation is 1. The molecule has 35 heavy (non-hydrogen) atoms. The summed E-state index contributed by atoms with van der Waals surface area (Å²) in [6, 6.07) is 7.11. The lowest BCUT2D eigenvalue weighted by molar-refractivity contribution is -0.176. The molecule has 0 bridgehead atoms. The zero-order valence-corrected chi connectivity index (χ0v) is 23.1. The van der Waals surface area contributed by atoms with Crippen molar-refractivity contribution in [1.82, 2.24) is 0 Å². The van der Waals surface area contributed by atoms with Gasteiger partial charge < -0.3 is 9.47 Å². The molecule has 1 saturated carbocycles. The number of methoxy groups -OCH3 is 1. The van der Waals surface area contributed by atoms with Crippen molar-refractivity contribution in [3.63, 3.8) is 0 Å². The summed E-state index contributed by atoms with van der Waals surface area (Å²) in [5.74, 6) is 2.44. The highest BCUT2D eigenvalue weighted by Gasteiger charge is 2.22. The maximum atomic E-state index is 10.4. The lowest BCUT2D eigenvalue weighted by Crippen LogP contribution is -2.14. The minimum absolute atomic E-state index is 0.489. The van der Waals surface area contributed by atoms with Gasteiger partial charge in [-0.25, -0.2) is 0 Å². The number of allylic oxidation sites excluding steroid dienone is 2. The number of carbonyl (C=O) groups is 1. The van der Waals surface area contributed by atoms with Crippen LogP contribution in [0.15, 0.2) is 43.2 Å². The second-order valence-corrected chi connectivity index (χ2v) is 9.08. The summed E-state index contributed by atoms with van der Waals surface area (Å²) in [5.41, 5.74) is 4.30. The molecule has 0 atom stereocenters. The first-order chi connectivity index (χ1) is 16.9. The van der Waals surface area contributed by atoms with Gasteiger partial charge in [0.15, 0.2) is 0 Å². The Morgan fingerprint density at radius 2 is 1.57 bits per heavy atom. The zero-order valence-electron chi connectivity index (χ0n) is 23.1. The predicted molar refractivity (Wildman–Crippen MR) is 148 cm³/mol. The topological polar surface area (TPSA) is 76.0 Å². The van der Waals surface area contributed by atoms with Gasteiger partial charge in [0.2, 0.25) is 0 Å². The molecule has 1 aliphatic rings.